The van der Waals surface area contributed by atoms with E-state index in [0.29, 0.717) is 11.7 Å². The third-order valence-electron chi connectivity index (χ3n) is 3.90. The fourth-order valence-electron chi connectivity index (χ4n) is 2.19. The van der Waals surface area contributed by atoms with Crippen LogP contribution in [-0.2, 0) is 4.79 Å². The highest BCUT2D eigenvalue weighted by Crippen LogP contribution is 2.24. The van der Waals surface area contributed by atoms with Crippen LogP contribution in [-0.4, -0.2) is 47.1 Å². The molecule has 0 saturated heterocycles. The molecule has 0 spiro atoms. The van der Waals surface area contributed by atoms with E-state index in [-0.39, 0.29) is 23.5 Å². The van der Waals surface area contributed by atoms with Gasteiger partial charge in [-0.15, -0.1) is 10.2 Å². The number of nitrogens with zero attached hydrogens (tertiary/aromatic N) is 3. The Morgan fingerprint density at radius 2 is 2.00 bits per heavy atom. The normalized spacial score (nSPS) is 12.4. The van der Waals surface area contributed by atoms with E-state index in [1.807, 2.05) is 25.6 Å². The first-order chi connectivity index (χ1) is 11.9. The predicted molar refractivity (Wildman–Crippen MR) is 96.6 cm³/mol. The van der Waals surface area contributed by atoms with Crippen LogP contribution in [0.15, 0.2) is 29.4 Å². The molecular weight excluding hydrogens is 341 g/mol. The standard InChI is InChI=1S/C17H24FN5OS/c1-5-10-19-15(24)11-25-17-21-20-16(12(2)22(3)4)23(17)14-8-6-13(18)7-9-14/h6-9,12H,5,10-11H2,1-4H3,(H,19,24)/p+1/t12-/m1/s1. The van der Waals surface area contributed by atoms with Crippen molar-refractivity contribution in [3.8, 4) is 5.69 Å². The van der Waals surface area contributed by atoms with Gasteiger partial charge in [-0.2, -0.15) is 0 Å². The average molecular weight is 366 g/mol. The van der Waals surface area contributed by atoms with Gasteiger partial charge in [-0.05, 0) is 37.6 Å². The number of halogens is 1. The van der Waals surface area contributed by atoms with Gasteiger partial charge in [-0.3, -0.25) is 9.36 Å². The summed E-state index contributed by atoms with van der Waals surface area (Å²) in [6, 6.07) is 6.31. The van der Waals surface area contributed by atoms with Crippen molar-refractivity contribution >= 4 is 17.7 Å². The number of aromatic nitrogens is 3. The molecule has 2 N–H and O–H groups in total. The lowest BCUT2D eigenvalue weighted by atomic mass is 10.2. The zero-order chi connectivity index (χ0) is 18.4. The van der Waals surface area contributed by atoms with Gasteiger partial charge in [0.25, 0.3) is 0 Å². The van der Waals surface area contributed by atoms with Gasteiger partial charge in [0.15, 0.2) is 11.0 Å². The molecule has 6 nitrogen and oxygen atoms in total. The van der Waals surface area contributed by atoms with Crippen molar-refractivity contribution in [2.75, 3.05) is 26.4 Å². The van der Waals surface area contributed by atoms with E-state index in [2.05, 4.69) is 22.4 Å². The molecule has 0 saturated carbocycles. The maximum absolute atomic E-state index is 13.3. The highest BCUT2D eigenvalue weighted by atomic mass is 32.2. The summed E-state index contributed by atoms with van der Waals surface area (Å²) in [4.78, 5) is 13.1. The number of quaternary nitrogens is 1. The van der Waals surface area contributed by atoms with E-state index in [0.717, 1.165) is 17.9 Å². The minimum Gasteiger partial charge on any atom is -0.355 e. The first-order valence-electron chi connectivity index (χ1n) is 8.34. The van der Waals surface area contributed by atoms with Crippen LogP contribution >= 0.6 is 11.8 Å². The summed E-state index contributed by atoms with van der Waals surface area (Å²) in [6.07, 6.45) is 0.898. The molecular formula is C17H25FN5OS+. The van der Waals surface area contributed by atoms with Gasteiger partial charge in [0.05, 0.1) is 19.8 Å². The van der Waals surface area contributed by atoms with Crippen molar-refractivity contribution in [1.82, 2.24) is 20.1 Å². The van der Waals surface area contributed by atoms with Crippen LogP contribution in [0.4, 0.5) is 4.39 Å². The van der Waals surface area contributed by atoms with Gasteiger partial charge in [-0.25, -0.2) is 4.39 Å². The van der Waals surface area contributed by atoms with E-state index < -0.39 is 0 Å². The molecule has 1 aromatic carbocycles. The minimum atomic E-state index is -0.294. The Kier molecular flexibility index (Phi) is 6.95. The zero-order valence-electron chi connectivity index (χ0n) is 15.0. The molecule has 0 aliphatic rings. The van der Waals surface area contributed by atoms with Crippen molar-refractivity contribution in [1.29, 1.82) is 0 Å². The molecule has 2 rings (SSSR count). The van der Waals surface area contributed by atoms with E-state index in [1.54, 1.807) is 12.1 Å². The lowest BCUT2D eigenvalue weighted by Gasteiger charge is -2.18. The van der Waals surface area contributed by atoms with Crippen LogP contribution in [0, 0.1) is 5.82 Å². The molecule has 0 unspecified atom stereocenters. The molecule has 25 heavy (non-hydrogen) atoms. The molecule has 1 heterocycles. The zero-order valence-corrected chi connectivity index (χ0v) is 15.9. The Balaban J connectivity index is 2.30. The SMILES string of the molecule is CCCNC(=O)CSc1nnc([C@@H](C)[NH+](C)C)n1-c1ccc(F)cc1. The molecule has 0 aliphatic heterocycles. The van der Waals surface area contributed by atoms with Crippen molar-refractivity contribution in [2.45, 2.75) is 31.5 Å². The molecule has 136 valence electrons. The lowest BCUT2D eigenvalue weighted by molar-refractivity contribution is -0.890. The average Bonchev–Trinajstić information content (AvgIpc) is 3.01. The third kappa shape index (κ3) is 5.02. The van der Waals surface area contributed by atoms with Crippen molar-refractivity contribution in [3.63, 3.8) is 0 Å². The highest BCUT2D eigenvalue weighted by molar-refractivity contribution is 7.99. The molecule has 2 aromatic rings. The van der Waals surface area contributed by atoms with Gasteiger partial charge < -0.3 is 10.2 Å². The fraction of sp³-hybridized carbons (Fsp3) is 0.471. The first-order valence-corrected chi connectivity index (χ1v) is 9.33. The molecule has 1 aromatic heterocycles. The Hall–Kier alpha value is -1.93. The summed E-state index contributed by atoms with van der Waals surface area (Å²) in [7, 11) is 4.08. The second-order valence-electron chi connectivity index (χ2n) is 6.09. The number of thioether (sulfide) groups is 1. The van der Waals surface area contributed by atoms with Gasteiger partial charge in [0.1, 0.15) is 11.9 Å². The minimum absolute atomic E-state index is 0.0339. The van der Waals surface area contributed by atoms with Crippen LogP contribution in [0.1, 0.15) is 32.1 Å². The topological polar surface area (TPSA) is 64.2 Å². The number of carbonyl (C=O) groups is 1. The van der Waals surface area contributed by atoms with E-state index >= 15 is 0 Å². The van der Waals surface area contributed by atoms with E-state index in [1.165, 1.54) is 28.8 Å². The van der Waals surface area contributed by atoms with Gasteiger partial charge in [0, 0.05) is 12.2 Å². The maximum atomic E-state index is 13.3. The Morgan fingerprint density at radius 3 is 2.60 bits per heavy atom. The van der Waals surface area contributed by atoms with Crippen LogP contribution in [0.25, 0.3) is 5.69 Å². The number of benzene rings is 1. The Labute approximate surface area is 151 Å². The van der Waals surface area contributed by atoms with Crippen molar-refractivity contribution in [2.24, 2.45) is 0 Å². The first kappa shape index (κ1) is 19.4. The van der Waals surface area contributed by atoms with Gasteiger partial charge in [0.2, 0.25) is 5.91 Å². The monoisotopic (exact) mass is 366 g/mol. The van der Waals surface area contributed by atoms with Crippen LogP contribution in [0.2, 0.25) is 0 Å². The Bertz CT molecular complexity index is 702. The second kappa shape index (κ2) is 8.96. The number of carbonyl (C=O) groups excluding carboxylic acids is 1. The van der Waals surface area contributed by atoms with Crippen LogP contribution < -0.4 is 10.2 Å². The molecule has 0 fully saturated rings. The fourth-order valence-corrected chi connectivity index (χ4v) is 2.98. The quantitative estimate of drug-likeness (QED) is 0.690. The summed E-state index contributed by atoms with van der Waals surface area (Å²) in [6.45, 7) is 4.73. The number of rotatable bonds is 8. The molecule has 8 heteroatoms. The highest BCUT2D eigenvalue weighted by Gasteiger charge is 2.23. The number of hydrogen-bond acceptors (Lipinski definition) is 4. The van der Waals surface area contributed by atoms with Crippen molar-refractivity contribution in [3.05, 3.63) is 35.9 Å². The summed E-state index contributed by atoms with van der Waals surface area (Å²) in [5.74, 6) is 0.719. The largest absolute Gasteiger partial charge is 0.355 e. The summed E-state index contributed by atoms with van der Waals surface area (Å²) < 4.78 is 15.2. The van der Waals surface area contributed by atoms with Crippen LogP contribution in [0.5, 0.6) is 0 Å². The molecule has 0 radical (unpaired) electrons. The van der Waals surface area contributed by atoms with Gasteiger partial charge in [-0.1, -0.05) is 18.7 Å². The van der Waals surface area contributed by atoms with Crippen LogP contribution in [0.3, 0.4) is 0 Å². The Morgan fingerprint density at radius 1 is 1.32 bits per heavy atom. The van der Waals surface area contributed by atoms with E-state index in [9.17, 15) is 9.18 Å². The third-order valence-corrected chi connectivity index (χ3v) is 4.83. The molecule has 0 bridgehead atoms. The second-order valence-corrected chi connectivity index (χ2v) is 7.03. The van der Waals surface area contributed by atoms with Crippen molar-refractivity contribution < 1.29 is 14.1 Å². The van der Waals surface area contributed by atoms with E-state index in [4.69, 9.17) is 0 Å². The summed E-state index contributed by atoms with van der Waals surface area (Å²) in [5, 5.41) is 12.1. The molecule has 0 aliphatic carbocycles. The smallest absolute Gasteiger partial charge is 0.230 e. The molecule has 1 atom stereocenters. The van der Waals surface area contributed by atoms with Gasteiger partial charge >= 0.3 is 0 Å². The summed E-state index contributed by atoms with van der Waals surface area (Å²) in [5.41, 5.74) is 0.783. The summed E-state index contributed by atoms with van der Waals surface area (Å²) >= 11 is 1.33. The number of hydrogen-bond donors (Lipinski definition) is 2. The maximum Gasteiger partial charge on any atom is 0.230 e. The molecule has 1 amide bonds. The number of amides is 1. The predicted octanol–water partition coefficient (Wildman–Crippen LogP) is 1.23. The lowest BCUT2D eigenvalue weighted by Crippen LogP contribution is -3.05. The number of nitrogens with one attached hydrogen (secondary N) is 2.